The van der Waals surface area contributed by atoms with Crippen molar-refractivity contribution in [2.75, 3.05) is 6.61 Å². The Balaban J connectivity index is 2.07. The number of carbonyl (C=O) groups excluding carboxylic acids is 2. The predicted octanol–water partition coefficient (Wildman–Crippen LogP) is 3.71. The lowest BCUT2D eigenvalue weighted by Crippen LogP contribution is -2.40. The molecule has 0 radical (unpaired) electrons. The topological polar surface area (TPSA) is 46.6 Å². The Kier molecular flexibility index (Phi) is 5.75. The van der Waals surface area contributed by atoms with Gasteiger partial charge in [0.25, 0.3) is 5.91 Å². The van der Waals surface area contributed by atoms with E-state index in [0.717, 1.165) is 24.8 Å². The van der Waals surface area contributed by atoms with E-state index in [9.17, 15) is 9.59 Å². The SMILES string of the molecule is CCCC/C=C(\C)C(=O)N1C(=O)OC[C@@H]1Cc1ccccc1. The third-order valence-corrected chi connectivity index (χ3v) is 3.84. The number of rotatable bonds is 6. The molecule has 1 aliphatic heterocycles. The zero-order chi connectivity index (χ0) is 15.9. The maximum absolute atomic E-state index is 12.5. The Morgan fingerprint density at radius 1 is 1.36 bits per heavy atom. The van der Waals surface area contributed by atoms with Crippen LogP contribution in [0, 0.1) is 0 Å². The predicted molar refractivity (Wildman–Crippen MR) is 85.4 cm³/mol. The van der Waals surface area contributed by atoms with Crippen LogP contribution in [0.15, 0.2) is 42.0 Å². The number of carbonyl (C=O) groups is 2. The summed E-state index contributed by atoms with van der Waals surface area (Å²) >= 11 is 0. The van der Waals surface area contributed by atoms with Crippen molar-refractivity contribution in [1.82, 2.24) is 4.90 Å². The monoisotopic (exact) mass is 301 g/mol. The first kappa shape index (κ1) is 16.3. The summed E-state index contributed by atoms with van der Waals surface area (Å²) in [5, 5.41) is 0. The molecule has 1 atom stereocenters. The van der Waals surface area contributed by atoms with Crippen LogP contribution in [0.25, 0.3) is 0 Å². The second-order valence-corrected chi connectivity index (χ2v) is 5.62. The van der Waals surface area contributed by atoms with E-state index >= 15 is 0 Å². The highest BCUT2D eigenvalue weighted by atomic mass is 16.6. The van der Waals surface area contributed by atoms with Crippen LogP contribution in [0.3, 0.4) is 0 Å². The molecule has 2 rings (SSSR count). The van der Waals surface area contributed by atoms with Crippen molar-refractivity contribution in [3.05, 3.63) is 47.5 Å². The van der Waals surface area contributed by atoms with Crippen molar-refractivity contribution in [1.29, 1.82) is 0 Å². The average molecular weight is 301 g/mol. The maximum Gasteiger partial charge on any atom is 0.417 e. The number of benzene rings is 1. The van der Waals surface area contributed by atoms with Gasteiger partial charge in [0.05, 0.1) is 6.04 Å². The van der Waals surface area contributed by atoms with Crippen LogP contribution >= 0.6 is 0 Å². The molecule has 1 aromatic carbocycles. The van der Waals surface area contributed by atoms with Gasteiger partial charge in [-0.25, -0.2) is 9.69 Å². The van der Waals surface area contributed by atoms with E-state index in [4.69, 9.17) is 4.74 Å². The molecule has 2 amide bonds. The molecule has 1 aromatic rings. The molecule has 0 aliphatic carbocycles. The Labute approximate surface area is 131 Å². The normalized spacial score (nSPS) is 18.5. The second-order valence-electron chi connectivity index (χ2n) is 5.62. The maximum atomic E-state index is 12.5. The Morgan fingerprint density at radius 3 is 2.77 bits per heavy atom. The van der Waals surface area contributed by atoms with Crippen LogP contribution in [0.2, 0.25) is 0 Å². The van der Waals surface area contributed by atoms with Crippen LogP contribution in [-0.4, -0.2) is 29.5 Å². The first-order valence-corrected chi connectivity index (χ1v) is 7.84. The summed E-state index contributed by atoms with van der Waals surface area (Å²) < 4.78 is 5.09. The average Bonchev–Trinajstić information content (AvgIpc) is 2.88. The zero-order valence-electron chi connectivity index (χ0n) is 13.2. The highest BCUT2D eigenvalue weighted by Gasteiger charge is 2.38. The van der Waals surface area contributed by atoms with E-state index in [2.05, 4.69) is 6.92 Å². The zero-order valence-corrected chi connectivity index (χ0v) is 13.2. The van der Waals surface area contributed by atoms with E-state index in [-0.39, 0.29) is 18.6 Å². The standard InChI is InChI=1S/C18H23NO3/c1-3-4-6-9-14(2)17(20)19-16(13-22-18(19)21)12-15-10-7-5-8-11-15/h5,7-11,16H,3-4,6,12-13H2,1-2H3/b14-9+/t16-/m0/s1. The first-order valence-electron chi connectivity index (χ1n) is 7.84. The van der Waals surface area contributed by atoms with Gasteiger partial charge in [0.2, 0.25) is 0 Å². The van der Waals surface area contributed by atoms with Gasteiger partial charge < -0.3 is 4.74 Å². The summed E-state index contributed by atoms with van der Waals surface area (Å²) in [5.74, 6) is -0.237. The molecule has 1 aliphatic rings. The molecule has 118 valence electrons. The lowest BCUT2D eigenvalue weighted by atomic mass is 10.0. The number of hydrogen-bond donors (Lipinski definition) is 0. The van der Waals surface area contributed by atoms with E-state index in [1.165, 1.54) is 4.90 Å². The fourth-order valence-corrected chi connectivity index (χ4v) is 2.55. The summed E-state index contributed by atoms with van der Waals surface area (Å²) in [4.78, 5) is 25.7. The van der Waals surface area contributed by atoms with Gasteiger partial charge in [-0.1, -0.05) is 56.2 Å². The number of imide groups is 1. The summed E-state index contributed by atoms with van der Waals surface area (Å²) in [6.07, 6.45) is 5.00. The highest BCUT2D eigenvalue weighted by Crippen LogP contribution is 2.20. The number of nitrogens with zero attached hydrogens (tertiary/aromatic N) is 1. The fraction of sp³-hybridized carbons (Fsp3) is 0.444. The minimum Gasteiger partial charge on any atom is -0.447 e. The van der Waals surface area contributed by atoms with Gasteiger partial charge in [-0.3, -0.25) is 4.79 Å². The largest absolute Gasteiger partial charge is 0.447 e. The van der Waals surface area contributed by atoms with Gasteiger partial charge >= 0.3 is 6.09 Å². The van der Waals surface area contributed by atoms with Crippen LogP contribution in [0.5, 0.6) is 0 Å². The molecule has 1 saturated heterocycles. The number of ether oxygens (including phenoxy) is 1. The van der Waals surface area contributed by atoms with Gasteiger partial charge in [0.15, 0.2) is 0 Å². The Hall–Kier alpha value is -2.10. The molecule has 0 spiro atoms. The number of amides is 2. The minimum atomic E-state index is -0.533. The van der Waals surface area contributed by atoms with Gasteiger partial charge in [0, 0.05) is 5.57 Å². The van der Waals surface area contributed by atoms with Crippen molar-refractivity contribution in [3.8, 4) is 0 Å². The van der Waals surface area contributed by atoms with E-state index in [1.54, 1.807) is 6.92 Å². The molecule has 22 heavy (non-hydrogen) atoms. The third kappa shape index (κ3) is 3.97. The van der Waals surface area contributed by atoms with E-state index in [1.807, 2.05) is 36.4 Å². The molecule has 4 nitrogen and oxygen atoms in total. The lowest BCUT2D eigenvalue weighted by molar-refractivity contribution is -0.125. The van der Waals surface area contributed by atoms with Crippen LogP contribution < -0.4 is 0 Å². The molecule has 4 heteroatoms. The first-order chi connectivity index (χ1) is 10.6. The number of unbranched alkanes of at least 4 members (excludes halogenated alkanes) is 2. The van der Waals surface area contributed by atoms with Gasteiger partial charge in [-0.05, 0) is 25.3 Å². The molecule has 0 saturated carbocycles. The Bertz CT molecular complexity index is 551. The fourth-order valence-electron chi connectivity index (χ4n) is 2.55. The molecule has 0 bridgehead atoms. The molecular weight excluding hydrogens is 278 g/mol. The second kappa shape index (κ2) is 7.78. The van der Waals surface area contributed by atoms with Crippen molar-refractivity contribution < 1.29 is 14.3 Å². The van der Waals surface area contributed by atoms with Crippen molar-refractivity contribution in [2.45, 2.75) is 45.6 Å². The van der Waals surface area contributed by atoms with Gasteiger partial charge in [-0.2, -0.15) is 0 Å². The van der Waals surface area contributed by atoms with Crippen LogP contribution in [0.4, 0.5) is 4.79 Å². The van der Waals surface area contributed by atoms with Crippen LogP contribution in [-0.2, 0) is 16.0 Å². The van der Waals surface area contributed by atoms with Gasteiger partial charge in [0.1, 0.15) is 6.61 Å². The Morgan fingerprint density at radius 2 is 2.09 bits per heavy atom. The summed E-state index contributed by atoms with van der Waals surface area (Å²) in [5.41, 5.74) is 1.71. The van der Waals surface area contributed by atoms with E-state index < -0.39 is 6.09 Å². The van der Waals surface area contributed by atoms with Gasteiger partial charge in [-0.15, -0.1) is 0 Å². The highest BCUT2D eigenvalue weighted by molar-refractivity contribution is 6.03. The molecular formula is C18H23NO3. The minimum absolute atomic E-state index is 0.225. The number of cyclic esters (lactones) is 1. The number of hydrogen-bond acceptors (Lipinski definition) is 3. The van der Waals surface area contributed by atoms with Crippen molar-refractivity contribution in [3.63, 3.8) is 0 Å². The lowest BCUT2D eigenvalue weighted by Gasteiger charge is -2.20. The molecule has 0 N–H and O–H groups in total. The van der Waals surface area contributed by atoms with Crippen molar-refractivity contribution in [2.24, 2.45) is 0 Å². The smallest absolute Gasteiger partial charge is 0.417 e. The van der Waals surface area contributed by atoms with Crippen molar-refractivity contribution >= 4 is 12.0 Å². The summed E-state index contributed by atoms with van der Waals surface area (Å²) in [6.45, 7) is 4.14. The third-order valence-electron chi connectivity index (χ3n) is 3.84. The quantitative estimate of drug-likeness (QED) is 0.594. The summed E-state index contributed by atoms with van der Waals surface area (Å²) in [6, 6.07) is 9.62. The molecule has 1 heterocycles. The van der Waals surface area contributed by atoms with E-state index in [0.29, 0.717) is 12.0 Å². The summed E-state index contributed by atoms with van der Waals surface area (Å²) in [7, 11) is 0. The van der Waals surface area contributed by atoms with Crippen LogP contribution in [0.1, 0.15) is 38.7 Å². The number of allylic oxidation sites excluding steroid dienone is 1. The molecule has 0 unspecified atom stereocenters. The molecule has 1 fully saturated rings. The molecule has 0 aromatic heterocycles.